The van der Waals surface area contributed by atoms with Crippen molar-refractivity contribution < 1.29 is 4.74 Å². The molecule has 0 bridgehead atoms. The quantitative estimate of drug-likeness (QED) is 0.794. The molecule has 1 aliphatic heterocycles. The molecule has 1 aromatic carbocycles. The van der Waals surface area contributed by atoms with Crippen molar-refractivity contribution in [3.05, 3.63) is 34.9 Å². The van der Waals surface area contributed by atoms with E-state index in [1.54, 1.807) is 0 Å². The van der Waals surface area contributed by atoms with Gasteiger partial charge in [0.05, 0.1) is 6.54 Å². The Bertz CT molecular complexity index is 451. The summed E-state index contributed by atoms with van der Waals surface area (Å²) >= 11 is 5.90. The van der Waals surface area contributed by atoms with E-state index < -0.39 is 0 Å². The number of hydrogen-bond acceptors (Lipinski definition) is 3. The number of nitrogens with one attached hydrogen (secondary N) is 1. The molecule has 1 atom stereocenters. The SMILES string of the molecule is C#CC(NC1=NCCO1)c1cccc(Cl)c1. The number of hydrogen-bond donors (Lipinski definition) is 1. The molecule has 0 aromatic heterocycles. The van der Waals surface area contributed by atoms with Crippen LogP contribution in [0.1, 0.15) is 11.6 Å². The Balaban J connectivity index is 2.13. The molecule has 1 aromatic rings. The Hall–Kier alpha value is -1.66. The molecule has 0 radical (unpaired) electrons. The van der Waals surface area contributed by atoms with E-state index in [9.17, 15) is 0 Å². The van der Waals surface area contributed by atoms with Gasteiger partial charge in [-0.3, -0.25) is 0 Å². The van der Waals surface area contributed by atoms with Crippen molar-refractivity contribution in [2.45, 2.75) is 6.04 Å². The van der Waals surface area contributed by atoms with Gasteiger partial charge in [-0.1, -0.05) is 29.7 Å². The number of halogens is 1. The van der Waals surface area contributed by atoms with E-state index >= 15 is 0 Å². The van der Waals surface area contributed by atoms with E-state index in [4.69, 9.17) is 22.8 Å². The van der Waals surface area contributed by atoms with Gasteiger partial charge in [-0.2, -0.15) is 0 Å². The van der Waals surface area contributed by atoms with Gasteiger partial charge in [-0.25, -0.2) is 4.99 Å². The van der Waals surface area contributed by atoms with Crippen LogP contribution in [0.25, 0.3) is 0 Å². The van der Waals surface area contributed by atoms with E-state index in [0.29, 0.717) is 24.2 Å². The topological polar surface area (TPSA) is 33.6 Å². The molecule has 0 spiro atoms. The summed E-state index contributed by atoms with van der Waals surface area (Å²) in [6.07, 6.45) is 5.47. The average Bonchev–Trinajstić information content (AvgIpc) is 2.78. The van der Waals surface area contributed by atoms with Crippen LogP contribution in [-0.2, 0) is 4.74 Å². The van der Waals surface area contributed by atoms with Gasteiger partial charge in [0.15, 0.2) is 0 Å². The molecule has 0 saturated heterocycles. The van der Waals surface area contributed by atoms with Crippen molar-refractivity contribution in [3.8, 4) is 12.3 Å². The first-order valence-electron chi connectivity index (χ1n) is 4.95. The molecule has 1 aliphatic rings. The molecule has 1 unspecified atom stereocenters. The van der Waals surface area contributed by atoms with Gasteiger partial charge >= 0.3 is 0 Å². The van der Waals surface area contributed by atoms with Gasteiger partial charge in [0, 0.05) is 5.02 Å². The second-order valence-electron chi connectivity index (χ2n) is 3.33. The lowest BCUT2D eigenvalue weighted by atomic mass is 10.1. The minimum atomic E-state index is -0.268. The number of amidine groups is 1. The molecule has 1 heterocycles. The summed E-state index contributed by atoms with van der Waals surface area (Å²) < 4.78 is 5.25. The zero-order chi connectivity index (χ0) is 11.4. The number of benzene rings is 1. The van der Waals surface area contributed by atoms with Crippen molar-refractivity contribution in [1.29, 1.82) is 0 Å². The number of aliphatic imine (C=N–C) groups is 1. The fraction of sp³-hybridized carbons (Fsp3) is 0.250. The maximum Gasteiger partial charge on any atom is 0.286 e. The Labute approximate surface area is 99.5 Å². The molecule has 2 rings (SSSR count). The fourth-order valence-electron chi connectivity index (χ4n) is 1.45. The van der Waals surface area contributed by atoms with Crippen LogP contribution in [-0.4, -0.2) is 19.2 Å². The highest BCUT2D eigenvalue weighted by Gasteiger charge is 2.14. The maximum absolute atomic E-state index is 5.90. The highest BCUT2D eigenvalue weighted by Crippen LogP contribution is 2.17. The monoisotopic (exact) mass is 234 g/mol. The third-order valence-electron chi connectivity index (χ3n) is 2.20. The van der Waals surface area contributed by atoms with Gasteiger partial charge in [0.25, 0.3) is 6.02 Å². The summed E-state index contributed by atoms with van der Waals surface area (Å²) in [5.74, 6) is 2.64. The van der Waals surface area contributed by atoms with E-state index in [0.717, 1.165) is 5.56 Å². The molecule has 0 aliphatic carbocycles. The van der Waals surface area contributed by atoms with Crippen molar-refractivity contribution in [2.75, 3.05) is 13.2 Å². The lowest BCUT2D eigenvalue weighted by Gasteiger charge is -2.14. The highest BCUT2D eigenvalue weighted by atomic mass is 35.5. The molecule has 16 heavy (non-hydrogen) atoms. The molecule has 4 heteroatoms. The van der Waals surface area contributed by atoms with E-state index in [1.165, 1.54) is 0 Å². The fourth-order valence-corrected chi connectivity index (χ4v) is 1.65. The second-order valence-corrected chi connectivity index (χ2v) is 3.77. The van der Waals surface area contributed by atoms with E-state index in [-0.39, 0.29) is 6.04 Å². The summed E-state index contributed by atoms with van der Waals surface area (Å²) in [5, 5.41) is 3.70. The number of terminal acetylenes is 1. The lowest BCUT2D eigenvalue weighted by Crippen LogP contribution is -2.27. The van der Waals surface area contributed by atoms with Crippen LogP contribution in [0.3, 0.4) is 0 Å². The molecular formula is C12H11ClN2O. The number of rotatable bonds is 2. The van der Waals surface area contributed by atoms with Crippen LogP contribution >= 0.6 is 11.6 Å². The van der Waals surface area contributed by atoms with Crippen molar-refractivity contribution >= 4 is 17.6 Å². The molecule has 0 fully saturated rings. The first-order valence-corrected chi connectivity index (χ1v) is 5.33. The van der Waals surface area contributed by atoms with E-state index in [2.05, 4.69) is 16.2 Å². The normalized spacial score (nSPS) is 15.9. The zero-order valence-electron chi connectivity index (χ0n) is 8.61. The third-order valence-corrected chi connectivity index (χ3v) is 2.44. The van der Waals surface area contributed by atoms with Crippen molar-refractivity contribution in [1.82, 2.24) is 5.32 Å². The molecule has 1 N–H and O–H groups in total. The van der Waals surface area contributed by atoms with Gasteiger partial charge in [-0.05, 0) is 17.7 Å². The molecule has 3 nitrogen and oxygen atoms in total. The van der Waals surface area contributed by atoms with Crippen LogP contribution in [0.2, 0.25) is 5.02 Å². The van der Waals surface area contributed by atoms with Crippen molar-refractivity contribution in [3.63, 3.8) is 0 Å². The standard InChI is InChI=1S/C12H11ClN2O/c1-2-11(15-12-14-6-7-16-12)9-4-3-5-10(13)8-9/h1,3-5,8,11H,6-7H2,(H,14,15). The van der Waals surface area contributed by atoms with Gasteiger partial charge in [0.2, 0.25) is 0 Å². The Morgan fingerprint density at radius 1 is 1.56 bits per heavy atom. The van der Waals surface area contributed by atoms with Gasteiger partial charge in [0.1, 0.15) is 12.6 Å². The third kappa shape index (κ3) is 2.47. The predicted octanol–water partition coefficient (Wildman–Crippen LogP) is 1.99. The summed E-state index contributed by atoms with van der Waals surface area (Å²) in [7, 11) is 0. The van der Waals surface area contributed by atoms with E-state index in [1.807, 2.05) is 24.3 Å². The van der Waals surface area contributed by atoms with Crippen LogP contribution in [0.4, 0.5) is 0 Å². The molecule has 0 saturated carbocycles. The summed E-state index contributed by atoms with van der Waals surface area (Å²) in [6, 6.07) is 7.65. The maximum atomic E-state index is 5.90. The molecule has 82 valence electrons. The second kappa shape index (κ2) is 4.91. The van der Waals surface area contributed by atoms with Gasteiger partial charge < -0.3 is 10.1 Å². The smallest absolute Gasteiger partial charge is 0.286 e. The number of ether oxygens (including phenoxy) is 1. The van der Waals surface area contributed by atoms with Gasteiger partial charge in [-0.15, -0.1) is 6.42 Å². The minimum absolute atomic E-state index is 0.268. The Kier molecular flexibility index (Phi) is 3.33. The Morgan fingerprint density at radius 2 is 2.44 bits per heavy atom. The lowest BCUT2D eigenvalue weighted by molar-refractivity contribution is 0.329. The number of nitrogens with zero attached hydrogens (tertiary/aromatic N) is 1. The van der Waals surface area contributed by atoms with Crippen LogP contribution in [0.15, 0.2) is 29.3 Å². The molecular weight excluding hydrogens is 224 g/mol. The average molecular weight is 235 g/mol. The van der Waals surface area contributed by atoms with Crippen LogP contribution in [0, 0.1) is 12.3 Å². The largest absolute Gasteiger partial charge is 0.463 e. The molecule has 0 amide bonds. The minimum Gasteiger partial charge on any atom is -0.463 e. The first-order chi connectivity index (χ1) is 7.79. The zero-order valence-corrected chi connectivity index (χ0v) is 9.37. The van der Waals surface area contributed by atoms with Crippen LogP contribution < -0.4 is 5.32 Å². The Morgan fingerprint density at radius 3 is 3.06 bits per heavy atom. The van der Waals surface area contributed by atoms with Crippen molar-refractivity contribution in [2.24, 2.45) is 4.99 Å². The first kappa shape index (κ1) is 10.8. The highest BCUT2D eigenvalue weighted by molar-refractivity contribution is 6.30. The predicted molar refractivity (Wildman–Crippen MR) is 64.4 cm³/mol. The summed E-state index contributed by atoms with van der Waals surface area (Å²) in [5.41, 5.74) is 0.924. The van der Waals surface area contributed by atoms with Crippen LogP contribution in [0.5, 0.6) is 0 Å². The summed E-state index contributed by atoms with van der Waals surface area (Å²) in [6.45, 7) is 1.28. The summed E-state index contributed by atoms with van der Waals surface area (Å²) in [4.78, 5) is 4.13.